The fourth-order valence-corrected chi connectivity index (χ4v) is 3.45. The summed E-state index contributed by atoms with van der Waals surface area (Å²) in [4.78, 5) is 0. The minimum absolute atomic E-state index is 0.469. The van der Waals surface area contributed by atoms with E-state index in [1.807, 2.05) is 0 Å². The Morgan fingerprint density at radius 2 is 1.75 bits per heavy atom. The van der Waals surface area contributed by atoms with Crippen LogP contribution >= 0.6 is 0 Å². The summed E-state index contributed by atoms with van der Waals surface area (Å²) in [7, 11) is 0. The van der Waals surface area contributed by atoms with E-state index < -0.39 is 0 Å². The van der Waals surface area contributed by atoms with Gasteiger partial charge in [0.25, 0.3) is 0 Å². The molecular weight excluding hydrogens is 194 g/mol. The van der Waals surface area contributed by atoms with Gasteiger partial charge in [-0.2, -0.15) is 0 Å². The van der Waals surface area contributed by atoms with E-state index in [0.717, 1.165) is 5.92 Å². The zero-order valence-electron chi connectivity index (χ0n) is 9.91. The molecule has 1 saturated heterocycles. The van der Waals surface area contributed by atoms with Crippen LogP contribution in [0.2, 0.25) is 0 Å². The first-order valence-electron chi connectivity index (χ1n) is 6.65. The molecule has 0 spiro atoms. The van der Waals surface area contributed by atoms with Crippen LogP contribution in [0.3, 0.4) is 0 Å². The van der Waals surface area contributed by atoms with E-state index in [2.05, 4.69) is 35.6 Å². The zero-order valence-corrected chi connectivity index (χ0v) is 9.91. The largest absolute Gasteiger partial charge is 0.315 e. The first-order valence-corrected chi connectivity index (χ1v) is 6.65. The molecule has 16 heavy (non-hydrogen) atoms. The minimum atomic E-state index is 0.469. The lowest BCUT2D eigenvalue weighted by molar-refractivity contribution is 0.218. The van der Waals surface area contributed by atoms with Crippen molar-refractivity contribution >= 4 is 0 Å². The molecule has 1 aliphatic heterocycles. The molecule has 2 aliphatic rings. The molecule has 0 bridgehead atoms. The topological polar surface area (TPSA) is 12.0 Å². The van der Waals surface area contributed by atoms with Crippen molar-refractivity contribution in [3.63, 3.8) is 0 Å². The van der Waals surface area contributed by atoms with Gasteiger partial charge in [0.05, 0.1) is 0 Å². The van der Waals surface area contributed by atoms with E-state index in [0.29, 0.717) is 5.41 Å². The Labute approximate surface area is 98.3 Å². The highest BCUT2D eigenvalue weighted by Gasteiger charge is 2.40. The lowest BCUT2D eigenvalue weighted by Gasteiger charge is -2.45. The SMILES string of the molecule is c1ccc(C2(CC3CCCC3)CNC2)cc1. The third kappa shape index (κ3) is 1.78. The zero-order chi connectivity index (χ0) is 10.8. The molecule has 1 aliphatic carbocycles. The van der Waals surface area contributed by atoms with Crippen molar-refractivity contribution < 1.29 is 0 Å². The first-order chi connectivity index (χ1) is 7.89. The maximum Gasteiger partial charge on any atom is 0.0205 e. The van der Waals surface area contributed by atoms with Crippen LogP contribution in [0.15, 0.2) is 30.3 Å². The van der Waals surface area contributed by atoms with Crippen LogP contribution in [0.5, 0.6) is 0 Å². The molecule has 1 aromatic rings. The molecule has 2 fully saturated rings. The van der Waals surface area contributed by atoms with E-state index in [-0.39, 0.29) is 0 Å². The molecule has 0 aromatic heterocycles. The summed E-state index contributed by atoms with van der Waals surface area (Å²) in [6, 6.07) is 11.1. The van der Waals surface area contributed by atoms with Crippen molar-refractivity contribution in [1.29, 1.82) is 0 Å². The monoisotopic (exact) mass is 215 g/mol. The van der Waals surface area contributed by atoms with Crippen LogP contribution < -0.4 is 5.32 Å². The molecule has 0 atom stereocenters. The maximum absolute atomic E-state index is 3.47. The normalized spacial score (nSPS) is 24.2. The molecule has 0 amide bonds. The first kappa shape index (κ1) is 10.3. The predicted molar refractivity (Wildman–Crippen MR) is 67.6 cm³/mol. The summed E-state index contributed by atoms with van der Waals surface area (Å²) < 4.78 is 0. The van der Waals surface area contributed by atoms with Gasteiger partial charge in [-0.05, 0) is 17.9 Å². The van der Waals surface area contributed by atoms with Gasteiger partial charge < -0.3 is 5.32 Å². The van der Waals surface area contributed by atoms with Gasteiger partial charge >= 0.3 is 0 Å². The Kier molecular flexibility index (Phi) is 2.72. The second-order valence-corrected chi connectivity index (χ2v) is 5.60. The second-order valence-electron chi connectivity index (χ2n) is 5.60. The van der Waals surface area contributed by atoms with Crippen molar-refractivity contribution in [1.82, 2.24) is 5.32 Å². The lowest BCUT2D eigenvalue weighted by Crippen LogP contribution is -2.57. The average Bonchev–Trinajstić information content (AvgIpc) is 2.77. The van der Waals surface area contributed by atoms with Gasteiger partial charge in [-0.15, -0.1) is 0 Å². The van der Waals surface area contributed by atoms with E-state index in [1.54, 1.807) is 5.56 Å². The Morgan fingerprint density at radius 3 is 2.31 bits per heavy atom. The van der Waals surface area contributed by atoms with Crippen molar-refractivity contribution in [2.24, 2.45) is 5.92 Å². The van der Waals surface area contributed by atoms with Gasteiger partial charge in [0.15, 0.2) is 0 Å². The summed E-state index contributed by atoms with van der Waals surface area (Å²) in [5.74, 6) is 0.988. The molecule has 3 rings (SSSR count). The molecule has 86 valence electrons. The van der Waals surface area contributed by atoms with E-state index >= 15 is 0 Å². The van der Waals surface area contributed by atoms with Gasteiger partial charge in [0.1, 0.15) is 0 Å². The summed E-state index contributed by atoms with van der Waals surface area (Å²) in [5.41, 5.74) is 2.02. The van der Waals surface area contributed by atoms with Crippen LogP contribution in [0.4, 0.5) is 0 Å². The summed E-state index contributed by atoms with van der Waals surface area (Å²) in [6.45, 7) is 2.38. The standard InChI is InChI=1S/C15H21N/c1-2-8-14(9-3-1)15(11-16-12-15)10-13-6-4-5-7-13/h1-3,8-9,13,16H,4-7,10-12H2. The quantitative estimate of drug-likeness (QED) is 0.817. The summed E-state index contributed by atoms with van der Waals surface area (Å²) in [6.07, 6.45) is 7.26. The molecule has 1 nitrogen and oxygen atoms in total. The third-order valence-electron chi connectivity index (χ3n) is 4.47. The second kappa shape index (κ2) is 4.21. The van der Waals surface area contributed by atoms with Crippen LogP contribution in [-0.2, 0) is 5.41 Å². The van der Waals surface area contributed by atoms with E-state index in [1.165, 1.54) is 45.2 Å². The van der Waals surface area contributed by atoms with Crippen LogP contribution in [0.25, 0.3) is 0 Å². The molecule has 0 unspecified atom stereocenters. The van der Waals surface area contributed by atoms with Crippen LogP contribution in [-0.4, -0.2) is 13.1 Å². The maximum atomic E-state index is 3.47. The number of benzene rings is 1. The molecular formula is C15H21N. The number of nitrogens with one attached hydrogen (secondary N) is 1. The molecule has 1 N–H and O–H groups in total. The van der Waals surface area contributed by atoms with Gasteiger partial charge in [-0.25, -0.2) is 0 Å². The minimum Gasteiger partial charge on any atom is -0.315 e. The third-order valence-corrected chi connectivity index (χ3v) is 4.47. The highest BCUT2D eigenvalue weighted by molar-refractivity contribution is 5.29. The predicted octanol–water partition coefficient (Wildman–Crippen LogP) is 3.11. The van der Waals surface area contributed by atoms with Crippen molar-refractivity contribution in [3.8, 4) is 0 Å². The van der Waals surface area contributed by atoms with Gasteiger partial charge in [0, 0.05) is 18.5 Å². The van der Waals surface area contributed by atoms with Crippen LogP contribution in [0.1, 0.15) is 37.7 Å². The number of rotatable bonds is 3. The van der Waals surface area contributed by atoms with Gasteiger partial charge in [-0.3, -0.25) is 0 Å². The Hall–Kier alpha value is -0.820. The Balaban J connectivity index is 1.77. The average molecular weight is 215 g/mol. The molecule has 1 heteroatoms. The highest BCUT2D eigenvalue weighted by atomic mass is 15.0. The smallest absolute Gasteiger partial charge is 0.0205 e. The molecule has 1 aromatic carbocycles. The van der Waals surface area contributed by atoms with E-state index in [4.69, 9.17) is 0 Å². The van der Waals surface area contributed by atoms with Crippen LogP contribution in [0, 0.1) is 5.92 Å². The molecule has 0 radical (unpaired) electrons. The summed E-state index contributed by atoms with van der Waals surface area (Å²) >= 11 is 0. The van der Waals surface area contributed by atoms with Gasteiger partial charge in [0.2, 0.25) is 0 Å². The lowest BCUT2D eigenvalue weighted by atomic mass is 9.69. The van der Waals surface area contributed by atoms with Crippen molar-refractivity contribution in [3.05, 3.63) is 35.9 Å². The Morgan fingerprint density at radius 1 is 1.06 bits per heavy atom. The van der Waals surface area contributed by atoms with Gasteiger partial charge in [-0.1, -0.05) is 56.0 Å². The fraction of sp³-hybridized carbons (Fsp3) is 0.600. The molecule has 1 heterocycles. The van der Waals surface area contributed by atoms with Crippen molar-refractivity contribution in [2.75, 3.05) is 13.1 Å². The highest BCUT2D eigenvalue weighted by Crippen LogP contribution is 2.40. The van der Waals surface area contributed by atoms with Crippen molar-refractivity contribution in [2.45, 2.75) is 37.5 Å². The summed E-state index contributed by atoms with van der Waals surface area (Å²) in [5, 5.41) is 3.47. The number of hydrogen-bond acceptors (Lipinski definition) is 1. The van der Waals surface area contributed by atoms with E-state index in [9.17, 15) is 0 Å². The Bertz CT molecular complexity index is 334. The number of hydrogen-bond donors (Lipinski definition) is 1. The fourth-order valence-electron chi connectivity index (χ4n) is 3.45. The molecule has 1 saturated carbocycles.